The molecule has 0 unspecified atom stereocenters. The molecule has 1 aromatic heterocycles. The Morgan fingerprint density at radius 2 is 2.18 bits per heavy atom. The molecule has 1 aliphatic carbocycles. The summed E-state index contributed by atoms with van der Waals surface area (Å²) in [5.74, 6) is 0.233. The highest BCUT2D eigenvalue weighted by Crippen LogP contribution is 2.17. The molecule has 0 saturated heterocycles. The van der Waals surface area contributed by atoms with Crippen LogP contribution in [0.2, 0.25) is 0 Å². The zero-order valence-corrected chi connectivity index (χ0v) is 11.4. The van der Waals surface area contributed by atoms with Crippen molar-refractivity contribution in [3.05, 3.63) is 28.5 Å². The number of aromatic nitrogens is 1. The molecule has 17 heavy (non-hydrogen) atoms. The second-order valence-electron chi connectivity index (χ2n) is 4.59. The first-order valence-corrected chi connectivity index (χ1v) is 6.88. The molecular weight excluding hydrogens is 280 g/mol. The summed E-state index contributed by atoms with van der Waals surface area (Å²) in [6.07, 6.45) is 8.95. The Hall–Kier alpha value is -0.740. The van der Waals surface area contributed by atoms with E-state index in [2.05, 4.69) is 26.2 Å². The number of nitrogens with one attached hydrogen (secondary N) is 1. The molecule has 1 aromatic rings. The maximum Gasteiger partial charge on any atom is 0.151 e. The van der Waals surface area contributed by atoms with Crippen LogP contribution in [0.5, 0.6) is 0 Å². The number of rotatable bonds is 5. The fraction of sp³-hybridized carbons (Fsp3) is 0.538. The minimum atomic E-state index is 0.233. The number of pyridine rings is 1. The molecule has 1 N–H and O–H groups in total. The topological polar surface area (TPSA) is 42.0 Å². The number of carbonyl (C=O) groups excluding carboxylic acids is 1. The molecule has 1 heterocycles. The predicted molar refractivity (Wildman–Crippen MR) is 70.9 cm³/mol. The highest BCUT2D eigenvalue weighted by molar-refractivity contribution is 9.10. The maximum absolute atomic E-state index is 11.8. The van der Waals surface area contributed by atoms with Crippen molar-refractivity contribution in [1.29, 1.82) is 0 Å². The van der Waals surface area contributed by atoms with E-state index in [9.17, 15) is 4.79 Å². The van der Waals surface area contributed by atoms with E-state index in [1.165, 1.54) is 25.7 Å². The summed E-state index contributed by atoms with van der Waals surface area (Å²) < 4.78 is 0.923. The van der Waals surface area contributed by atoms with Crippen molar-refractivity contribution >= 4 is 21.7 Å². The Kier molecular flexibility index (Phi) is 4.68. The molecule has 92 valence electrons. The van der Waals surface area contributed by atoms with Gasteiger partial charge in [0.15, 0.2) is 5.78 Å². The number of halogens is 1. The average Bonchev–Trinajstić information content (AvgIpc) is 2.79. The number of hydrogen-bond acceptors (Lipinski definition) is 3. The second kappa shape index (κ2) is 6.26. The summed E-state index contributed by atoms with van der Waals surface area (Å²) in [4.78, 5) is 15.8. The van der Waals surface area contributed by atoms with E-state index in [1.807, 2.05) is 6.07 Å². The average molecular weight is 297 g/mol. The van der Waals surface area contributed by atoms with E-state index in [-0.39, 0.29) is 5.78 Å². The van der Waals surface area contributed by atoms with Gasteiger partial charge in [0.25, 0.3) is 0 Å². The van der Waals surface area contributed by atoms with Crippen molar-refractivity contribution in [2.45, 2.75) is 38.1 Å². The summed E-state index contributed by atoms with van der Waals surface area (Å²) >= 11 is 3.36. The van der Waals surface area contributed by atoms with Crippen molar-refractivity contribution in [3.8, 4) is 0 Å². The fourth-order valence-corrected chi connectivity index (χ4v) is 2.64. The van der Waals surface area contributed by atoms with Crippen LogP contribution < -0.4 is 5.32 Å². The van der Waals surface area contributed by atoms with E-state index in [1.54, 1.807) is 12.4 Å². The standard InChI is InChI=1S/C13H17BrN2O/c14-11-5-10(7-15-8-11)6-13(17)9-16-12-3-1-2-4-12/h5,7-8,12,16H,1-4,6,9H2. The van der Waals surface area contributed by atoms with Gasteiger partial charge in [-0.05, 0) is 40.4 Å². The monoisotopic (exact) mass is 296 g/mol. The van der Waals surface area contributed by atoms with Crippen LogP contribution in [-0.4, -0.2) is 23.4 Å². The molecule has 4 heteroatoms. The predicted octanol–water partition coefficient (Wildman–Crippen LogP) is 2.49. The van der Waals surface area contributed by atoms with E-state index in [0.717, 1.165) is 10.0 Å². The molecule has 3 nitrogen and oxygen atoms in total. The molecule has 0 amide bonds. The number of nitrogens with zero attached hydrogens (tertiary/aromatic N) is 1. The summed E-state index contributed by atoms with van der Waals surface area (Å²) in [6.45, 7) is 0.483. The van der Waals surface area contributed by atoms with Crippen molar-refractivity contribution in [3.63, 3.8) is 0 Å². The Bertz CT molecular complexity index is 389. The number of ketones is 1. The van der Waals surface area contributed by atoms with Crippen molar-refractivity contribution in [1.82, 2.24) is 10.3 Å². The Morgan fingerprint density at radius 1 is 1.41 bits per heavy atom. The Morgan fingerprint density at radius 3 is 2.88 bits per heavy atom. The third-order valence-corrected chi connectivity index (χ3v) is 3.54. The van der Waals surface area contributed by atoms with Gasteiger partial charge in [0.2, 0.25) is 0 Å². The van der Waals surface area contributed by atoms with E-state index in [4.69, 9.17) is 0 Å². The van der Waals surface area contributed by atoms with Crippen molar-refractivity contribution in [2.75, 3.05) is 6.54 Å². The quantitative estimate of drug-likeness (QED) is 0.908. The van der Waals surface area contributed by atoms with Crippen molar-refractivity contribution in [2.24, 2.45) is 0 Å². The first-order chi connectivity index (χ1) is 8.24. The van der Waals surface area contributed by atoms with Gasteiger partial charge in [-0.15, -0.1) is 0 Å². The van der Waals surface area contributed by atoms with E-state index < -0.39 is 0 Å². The molecule has 0 spiro atoms. The van der Waals surface area contributed by atoms with E-state index >= 15 is 0 Å². The van der Waals surface area contributed by atoms with Crippen molar-refractivity contribution < 1.29 is 4.79 Å². The van der Waals surface area contributed by atoms with Crippen LogP contribution in [0.1, 0.15) is 31.2 Å². The zero-order chi connectivity index (χ0) is 12.1. The lowest BCUT2D eigenvalue weighted by Crippen LogP contribution is -2.32. The molecule has 2 rings (SSSR count). The largest absolute Gasteiger partial charge is 0.307 e. The third-order valence-electron chi connectivity index (χ3n) is 3.11. The van der Waals surface area contributed by atoms with Gasteiger partial charge in [-0.3, -0.25) is 9.78 Å². The minimum Gasteiger partial charge on any atom is -0.307 e. The van der Waals surface area contributed by atoms with Gasteiger partial charge in [0, 0.05) is 29.3 Å². The lowest BCUT2D eigenvalue weighted by atomic mass is 10.1. The number of hydrogen-bond donors (Lipinski definition) is 1. The number of Topliss-reactive ketones (excluding diaryl/α,β-unsaturated/α-hetero) is 1. The molecular formula is C13H17BrN2O. The minimum absolute atomic E-state index is 0.233. The van der Waals surface area contributed by atoms with Crippen LogP contribution >= 0.6 is 15.9 Å². The smallest absolute Gasteiger partial charge is 0.151 e. The summed E-state index contributed by atoms with van der Waals surface area (Å²) in [5.41, 5.74) is 0.970. The zero-order valence-electron chi connectivity index (χ0n) is 9.79. The van der Waals surface area contributed by atoms with Crippen LogP contribution in [0, 0.1) is 0 Å². The Labute approximate surface area is 110 Å². The lowest BCUT2D eigenvalue weighted by Gasteiger charge is -2.10. The van der Waals surface area contributed by atoms with Crippen LogP contribution in [0.15, 0.2) is 22.9 Å². The SMILES string of the molecule is O=C(CNC1CCCC1)Cc1cncc(Br)c1. The molecule has 1 saturated carbocycles. The maximum atomic E-state index is 11.8. The molecule has 0 bridgehead atoms. The highest BCUT2D eigenvalue weighted by atomic mass is 79.9. The number of carbonyl (C=O) groups is 1. The van der Waals surface area contributed by atoms with Gasteiger partial charge in [-0.2, -0.15) is 0 Å². The summed E-state index contributed by atoms with van der Waals surface area (Å²) in [5, 5.41) is 3.33. The molecule has 0 aromatic carbocycles. The molecule has 1 fully saturated rings. The van der Waals surface area contributed by atoms with Crippen LogP contribution in [0.3, 0.4) is 0 Å². The Balaban J connectivity index is 1.76. The first-order valence-electron chi connectivity index (χ1n) is 6.08. The third kappa shape index (κ3) is 4.21. The molecule has 0 atom stereocenters. The fourth-order valence-electron chi connectivity index (χ4n) is 2.23. The van der Waals surface area contributed by atoms with Gasteiger partial charge in [-0.25, -0.2) is 0 Å². The highest BCUT2D eigenvalue weighted by Gasteiger charge is 2.15. The molecule has 0 radical (unpaired) electrons. The molecule has 0 aliphatic heterocycles. The first kappa shape index (κ1) is 12.7. The summed E-state index contributed by atoms with van der Waals surface area (Å²) in [6, 6.07) is 2.50. The van der Waals surface area contributed by atoms with Gasteiger partial charge in [-0.1, -0.05) is 12.8 Å². The van der Waals surface area contributed by atoms with Gasteiger partial charge >= 0.3 is 0 Å². The van der Waals surface area contributed by atoms with E-state index in [0.29, 0.717) is 19.0 Å². The normalized spacial score (nSPS) is 16.3. The second-order valence-corrected chi connectivity index (χ2v) is 5.50. The van der Waals surface area contributed by atoms with Crippen LogP contribution in [0.4, 0.5) is 0 Å². The molecule has 1 aliphatic rings. The lowest BCUT2D eigenvalue weighted by molar-refractivity contribution is -0.117. The van der Waals surface area contributed by atoms with Gasteiger partial charge < -0.3 is 5.32 Å². The van der Waals surface area contributed by atoms with Crippen LogP contribution in [0.25, 0.3) is 0 Å². The van der Waals surface area contributed by atoms with Gasteiger partial charge in [0.1, 0.15) is 0 Å². The summed E-state index contributed by atoms with van der Waals surface area (Å²) in [7, 11) is 0. The van der Waals surface area contributed by atoms with Gasteiger partial charge in [0.05, 0.1) is 6.54 Å². The van der Waals surface area contributed by atoms with Crippen LogP contribution in [-0.2, 0) is 11.2 Å².